The number of aryl methyl sites for hydroxylation is 1. The Morgan fingerprint density at radius 2 is 1.88 bits per heavy atom. The second-order valence-electron chi connectivity index (χ2n) is 6.90. The van der Waals surface area contributed by atoms with Crippen LogP contribution in [0.25, 0.3) is 11.0 Å². The van der Waals surface area contributed by atoms with Gasteiger partial charge in [0.2, 0.25) is 5.95 Å². The largest absolute Gasteiger partial charge is 0.484 e. The van der Waals surface area contributed by atoms with Crippen LogP contribution < -0.4 is 14.4 Å². The first-order chi connectivity index (χ1) is 15.4. The number of ether oxygens (including phenoxy) is 1. The second kappa shape index (κ2) is 9.01. The molecular formula is C22H22N4O4S2. The van der Waals surface area contributed by atoms with Crippen molar-refractivity contribution in [3.05, 3.63) is 66.0 Å². The van der Waals surface area contributed by atoms with Crippen LogP contribution in [0.1, 0.15) is 6.92 Å². The molecule has 4 aromatic rings. The van der Waals surface area contributed by atoms with Crippen molar-refractivity contribution in [1.82, 2.24) is 9.55 Å². The third-order valence-corrected chi connectivity index (χ3v) is 8.06. The number of fused-ring (bicyclic) bond motifs is 1. The van der Waals surface area contributed by atoms with Crippen LogP contribution in [0, 0.1) is 0 Å². The van der Waals surface area contributed by atoms with E-state index in [9.17, 15) is 13.2 Å². The van der Waals surface area contributed by atoms with Crippen LogP contribution in [-0.2, 0) is 21.4 Å². The molecule has 0 aliphatic heterocycles. The van der Waals surface area contributed by atoms with E-state index in [0.717, 1.165) is 11.0 Å². The molecule has 4 rings (SSSR count). The van der Waals surface area contributed by atoms with E-state index in [1.54, 1.807) is 41.8 Å². The number of carbonyl (C=O) groups is 1. The third-order valence-electron chi connectivity index (χ3n) is 4.90. The van der Waals surface area contributed by atoms with E-state index in [0.29, 0.717) is 23.9 Å². The van der Waals surface area contributed by atoms with Crippen LogP contribution in [0.4, 0.5) is 11.6 Å². The molecule has 2 aromatic carbocycles. The normalized spacial score (nSPS) is 11.4. The van der Waals surface area contributed by atoms with Gasteiger partial charge in [-0.05, 0) is 54.8 Å². The average molecular weight is 471 g/mol. The van der Waals surface area contributed by atoms with Crippen LogP contribution in [0.5, 0.6) is 5.75 Å². The number of anilines is 2. The summed E-state index contributed by atoms with van der Waals surface area (Å²) in [5.74, 6) is 0.587. The number of imidazole rings is 1. The highest BCUT2D eigenvalue weighted by Crippen LogP contribution is 2.26. The summed E-state index contributed by atoms with van der Waals surface area (Å²) in [6.07, 6.45) is 0. The number of hydrogen-bond donors (Lipinski definition) is 1. The summed E-state index contributed by atoms with van der Waals surface area (Å²) in [4.78, 5) is 16.9. The lowest BCUT2D eigenvalue weighted by atomic mass is 10.3. The van der Waals surface area contributed by atoms with Gasteiger partial charge in [0.05, 0.1) is 16.7 Å². The van der Waals surface area contributed by atoms with Crippen LogP contribution in [-0.4, -0.2) is 37.5 Å². The molecule has 0 aliphatic carbocycles. The molecule has 10 heteroatoms. The molecular weight excluding hydrogens is 448 g/mol. The van der Waals surface area contributed by atoms with E-state index in [4.69, 9.17) is 4.74 Å². The number of benzene rings is 2. The van der Waals surface area contributed by atoms with Gasteiger partial charge in [0, 0.05) is 13.6 Å². The molecule has 0 fully saturated rings. The summed E-state index contributed by atoms with van der Waals surface area (Å²) in [6.45, 7) is 2.45. The first-order valence-corrected chi connectivity index (χ1v) is 12.2. The summed E-state index contributed by atoms with van der Waals surface area (Å²) < 4.78 is 34.2. The summed E-state index contributed by atoms with van der Waals surface area (Å²) in [5.41, 5.74) is 2.25. The number of carbonyl (C=O) groups excluding carboxylic acids is 1. The van der Waals surface area contributed by atoms with Gasteiger partial charge in [-0.15, -0.1) is 11.3 Å². The molecule has 2 heterocycles. The predicted octanol–water partition coefficient (Wildman–Crippen LogP) is 3.96. The summed E-state index contributed by atoms with van der Waals surface area (Å²) >= 11 is 1.17. The van der Waals surface area contributed by atoms with Gasteiger partial charge in [-0.3, -0.25) is 14.4 Å². The van der Waals surface area contributed by atoms with Crippen LogP contribution >= 0.6 is 11.3 Å². The maximum Gasteiger partial charge on any atom is 0.273 e. The molecule has 166 valence electrons. The molecule has 0 saturated heterocycles. The molecule has 0 atom stereocenters. The van der Waals surface area contributed by atoms with E-state index in [1.807, 2.05) is 35.8 Å². The van der Waals surface area contributed by atoms with Crippen molar-refractivity contribution < 1.29 is 17.9 Å². The molecule has 0 saturated carbocycles. The molecule has 8 nitrogen and oxygen atoms in total. The summed E-state index contributed by atoms with van der Waals surface area (Å²) in [6, 6.07) is 17.5. The fraction of sp³-hybridized carbons (Fsp3) is 0.182. The Hall–Kier alpha value is -3.37. The SMILES string of the molecule is CCn1c(NC(=O)COc2ccc(N(C)S(=O)(=O)c3cccs3)cc2)nc2ccccc21. The Bertz CT molecular complexity index is 1330. The fourth-order valence-corrected chi connectivity index (χ4v) is 5.59. The fourth-order valence-electron chi connectivity index (χ4n) is 3.24. The number of nitrogens with zero attached hydrogens (tertiary/aromatic N) is 3. The minimum atomic E-state index is -3.60. The van der Waals surface area contributed by atoms with Gasteiger partial charge in [0.1, 0.15) is 9.96 Å². The van der Waals surface area contributed by atoms with Crippen molar-refractivity contribution >= 4 is 49.9 Å². The second-order valence-corrected chi connectivity index (χ2v) is 10.0. The van der Waals surface area contributed by atoms with E-state index in [2.05, 4.69) is 10.3 Å². The highest BCUT2D eigenvalue weighted by Gasteiger charge is 2.22. The van der Waals surface area contributed by atoms with Crippen molar-refractivity contribution in [1.29, 1.82) is 0 Å². The summed E-state index contributed by atoms with van der Waals surface area (Å²) in [5, 5.41) is 4.51. The van der Waals surface area contributed by atoms with Gasteiger partial charge in [0.15, 0.2) is 6.61 Å². The maximum absolute atomic E-state index is 12.6. The number of hydrogen-bond acceptors (Lipinski definition) is 6. The van der Waals surface area contributed by atoms with Crippen molar-refractivity contribution in [2.75, 3.05) is 23.3 Å². The molecule has 0 radical (unpaired) electrons. The third kappa shape index (κ3) is 4.32. The van der Waals surface area contributed by atoms with Gasteiger partial charge in [-0.25, -0.2) is 13.4 Å². The lowest BCUT2D eigenvalue weighted by molar-refractivity contribution is -0.118. The van der Waals surface area contributed by atoms with Gasteiger partial charge >= 0.3 is 0 Å². The molecule has 0 unspecified atom stereocenters. The van der Waals surface area contributed by atoms with E-state index in [1.165, 1.54) is 22.7 Å². The zero-order chi connectivity index (χ0) is 22.7. The summed E-state index contributed by atoms with van der Waals surface area (Å²) in [7, 11) is -2.10. The van der Waals surface area contributed by atoms with E-state index in [-0.39, 0.29) is 16.7 Å². The Labute approximate surface area is 190 Å². The zero-order valence-electron chi connectivity index (χ0n) is 17.6. The van der Waals surface area contributed by atoms with Gasteiger partial charge in [-0.2, -0.15) is 0 Å². The topological polar surface area (TPSA) is 93.5 Å². The molecule has 0 aliphatic rings. The number of thiophene rings is 1. The maximum atomic E-state index is 12.6. The van der Waals surface area contributed by atoms with Gasteiger partial charge in [-0.1, -0.05) is 18.2 Å². The minimum absolute atomic E-state index is 0.199. The predicted molar refractivity (Wildman–Crippen MR) is 126 cm³/mol. The lowest BCUT2D eigenvalue weighted by Gasteiger charge is -2.18. The van der Waals surface area contributed by atoms with Crippen LogP contribution in [0.2, 0.25) is 0 Å². The molecule has 1 N–H and O–H groups in total. The van der Waals surface area contributed by atoms with E-state index >= 15 is 0 Å². The standard InChI is InChI=1S/C22H22N4O4S2/c1-3-26-19-8-5-4-7-18(19)23-22(26)24-20(27)15-30-17-12-10-16(11-13-17)25(2)32(28,29)21-9-6-14-31-21/h4-14H,3,15H2,1-2H3,(H,23,24,27). The zero-order valence-corrected chi connectivity index (χ0v) is 19.2. The van der Waals surface area contributed by atoms with Crippen molar-refractivity contribution in [3.63, 3.8) is 0 Å². The minimum Gasteiger partial charge on any atom is -0.484 e. The first kappa shape index (κ1) is 21.8. The smallest absolute Gasteiger partial charge is 0.273 e. The number of para-hydroxylation sites is 2. The average Bonchev–Trinajstić information content (AvgIpc) is 3.46. The number of nitrogens with one attached hydrogen (secondary N) is 1. The Morgan fingerprint density at radius 1 is 1.12 bits per heavy atom. The quantitative estimate of drug-likeness (QED) is 0.421. The molecule has 0 bridgehead atoms. The van der Waals surface area contributed by atoms with Crippen LogP contribution in [0.15, 0.2) is 70.3 Å². The Morgan fingerprint density at radius 3 is 2.56 bits per heavy atom. The molecule has 2 aromatic heterocycles. The van der Waals surface area contributed by atoms with Crippen LogP contribution in [0.3, 0.4) is 0 Å². The van der Waals surface area contributed by atoms with Gasteiger partial charge < -0.3 is 9.30 Å². The molecule has 1 amide bonds. The number of amides is 1. The first-order valence-electron chi connectivity index (χ1n) is 9.90. The van der Waals surface area contributed by atoms with Crippen molar-refractivity contribution in [2.24, 2.45) is 0 Å². The highest BCUT2D eigenvalue weighted by atomic mass is 32.2. The monoisotopic (exact) mass is 470 g/mol. The lowest BCUT2D eigenvalue weighted by Crippen LogP contribution is -2.25. The molecule has 0 spiro atoms. The van der Waals surface area contributed by atoms with Gasteiger partial charge in [0.25, 0.3) is 15.9 Å². The Balaban J connectivity index is 1.39. The van der Waals surface area contributed by atoms with Crippen molar-refractivity contribution in [3.8, 4) is 5.75 Å². The number of rotatable bonds is 8. The van der Waals surface area contributed by atoms with Crippen molar-refractivity contribution in [2.45, 2.75) is 17.7 Å². The number of sulfonamides is 1. The molecule has 32 heavy (non-hydrogen) atoms. The number of aromatic nitrogens is 2. The highest BCUT2D eigenvalue weighted by molar-refractivity contribution is 7.94. The van der Waals surface area contributed by atoms with E-state index < -0.39 is 10.0 Å². The Kier molecular flexibility index (Phi) is 6.15.